The summed E-state index contributed by atoms with van der Waals surface area (Å²) in [5.41, 5.74) is 0.746. The van der Waals surface area contributed by atoms with Crippen LogP contribution < -0.4 is 0 Å². The summed E-state index contributed by atoms with van der Waals surface area (Å²) in [6, 6.07) is 6.27. The van der Waals surface area contributed by atoms with Crippen LogP contribution in [0.1, 0.15) is 18.5 Å². The minimum atomic E-state index is -0.477. The lowest BCUT2D eigenvalue weighted by Gasteiger charge is -2.26. The zero-order chi connectivity index (χ0) is 14.3. The molecule has 0 radical (unpaired) electrons. The maximum Gasteiger partial charge on any atom is 0.327 e. The summed E-state index contributed by atoms with van der Waals surface area (Å²) in [6.45, 7) is 2.89. The zero-order valence-corrected chi connectivity index (χ0v) is 12.4. The number of phenols is 1. The van der Waals surface area contributed by atoms with Crippen LogP contribution in [0.5, 0.6) is 5.75 Å². The highest BCUT2D eigenvalue weighted by Crippen LogP contribution is 2.24. The third kappa shape index (κ3) is 4.76. The number of carbonyl (C=O) groups excluding carboxylic acids is 1. The summed E-state index contributed by atoms with van der Waals surface area (Å²) < 4.78 is 4.87. The van der Waals surface area contributed by atoms with Crippen LogP contribution in [0.3, 0.4) is 0 Å². The molecule has 1 N–H and O–H groups in total. The van der Waals surface area contributed by atoms with E-state index in [2.05, 4.69) is 6.92 Å². The molecule has 0 saturated heterocycles. The van der Waals surface area contributed by atoms with Crippen molar-refractivity contribution >= 4 is 17.7 Å². The first-order chi connectivity index (χ1) is 9.10. The van der Waals surface area contributed by atoms with Crippen LogP contribution in [0.2, 0.25) is 0 Å². The second kappa shape index (κ2) is 8.07. The van der Waals surface area contributed by atoms with Gasteiger partial charge in [0.05, 0.1) is 7.11 Å². The summed E-state index contributed by atoms with van der Waals surface area (Å²) in [5, 5.41) is 9.54. The Morgan fingerprint density at radius 3 is 2.84 bits per heavy atom. The smallest absolute Gasteiger partial charge is 0.327 e. The third-order valence-electron chi connectivity index (χ3n) is 2.84. The van der Waals surface area contributed by atoms with Gasteiger partial charge in [-0.25, -0.2) is 4.79 Å². The first-order valence-electron chi connectivity index (χ1n) is 6.24. The maximum atomic E-state index is 11.9. The minimum absolute atomic E-state index is 0.155. The summed E-state index contributed by atoms with van der Waals surface area (Å²) in [5.74, 6) is 1.86. The van der Waals surface area contributed by atoms with E-state index in [9.17, 15) is 9.90 Å². The van der Waals surface area contributed by atoms with Crippen molar-refractivity contribution in [3.63, 3.8) is 0 Å². The third-order valence-corrected chi connectivity index (χ3v) is 3.72. The number of hydrogen-bond acceptors (Lipinski definition) is 5. The van der Waals surface area contributed by atoms with Gasteiger partial charge in [0, 0.05) is 12.3 Å². The van der Waals surface area contributed by atoms with Gasteiger partial charge in [0.15, 0.2) is 0 Å². The van der Waals surface area contributed by atoms with Crippen LogP contribution in [-0.2, 0) is 9.53 Å². The number of benzene rings is 1. The first-order valence-corrected chi connectivity index (χ1v) is 7.40. The molecule has 0 aliphatic heterocycles. The molecule has 0 aliphatic carbocycles. The largest absolute Gasteiger partial charge is 0.508 e. The second-order valence-electron chi connectivity index (χ2n) is 4.20. The van der Waals surface area contributed by atoms with Crippen molar-refractivity contribution in [3.05, 3.63) is 29.8 Å². The maximum absolute atomic E-state index is 11.9. The number of rotatable bonds is 7. The molecular formula is C14H21NO3S. The number of likely N-dealkylation sites (N-methyl/N-ethyl adjacent to an activating group) is 1. The van der Waals surface area contributed by atoms with Crippen LogP contribution >= 0.6 is 11.8 Å². The van der Waals surface area contributed by atoms with Crippen LogP contribution in [0.25, 0.3) is 0 Å². The van der Waals surface area contributed by atoms with E-state index < -0.39 is 6.04 Å². The van der Waals surface area contributed by atoms with Crippen molar-refractivity contribution in [1.82, 2.24) is 4.90 Å². The molecule has 4 nitrogen and oxygen atoms in total. The Balaban J connectivity index is 2.85. The van der Waals surface area contributed by atoms with Crippen LogP contribution in [0.4, 0.5) is 0 Å². The molecule has 19 heavy (non-hydrogen) atoms. The molecule has 0 amide bonds. The molecule has 0 heterocycles. The highest BCUT2D eigenvalue weighted by Gasteiger charge is 2.25. The van der Waals surface area contributed by atoms with Crippen LogP contribution in [-0.4, -0.2) is 48.2 Å². The molecule has 0 aromatic heterocycles. The number of ether oxygens (including phenoxy) is 1. The monoisotopic (exact) mass is 283 g/mol. The summed E-state index contributed by atoms with van der Waals surface area (Å²) >= 11 is 1.83. The van der Waals surface area contributed by atoms with E-state index in [1.807, 2.05) is 29.8 Å². The Hall–Kier alpha value is -1.20. The minimum Gasteiger partial charge on any atom is -0.508 e. The molecule has 0 bridgehead atoms. The van der Waals surface area contributed by atoms with E-state index in [4.69, 9.17) is 4.74 Å². The normalized spacial score (nSPS) is 12.4. The van der Waals surface area contributed by atoms with Crippen molar-refractivity contribution in [2.45, 2.75) is 13.0 Å². The number of carbonyl (C=O) groups is 1. The second-order valence-corrected chi connectivity index (χ2v) is 5.59. The fraction of sp³-hybridized carbons (Fsp3) is 0.500. The molecule has 0 aliphatic rings. The number of phenolic OH excluding ortho intramolecular Hbond substituents is 1. The van der Waals surface area contributed by atoms with Gasteiger partial charge < -0.3 is 9.84 Å². The topological polar surface area (TPSA) is 49.8 Å². The predicted molar refractivity (Wildman–Crippen MR) is 78.5 cm³/mol. The van der Waals surface area contributed by atoms with E-state index in [-0.39, 0.29) is 11.7 Å². The van der Waals surface area contributed by atoms with Gasteiger partial charge in [-0.1, -0.05) is 19.1 Å². The van der Waals surface area contributed by atoms with E-state index in [0.717, 1.165) is 23.6 Å². The van der Waals surface area contributed by atoms with Crippen molar-refractivity contribution in [2.75, 3.05) is 32.2 Å². The van der Waals surface area contributed by atoms with Gasteiger partial charge in [-0.15, -0.1) is 0 Å². The molecule has 5 heteroatoms. The van der Waals surface area contributed by atoms with Crippen LogP contribution in [0.15, 0.2) is 24.3 Å². The number of thioether (sulfide) groups is 1. The van der Waals surface area contributed by atoms with Crippen LogP contribution in [0, 0.1) is 0 Å². The SMILES string of the molecule is CCSCCN(C)C(C(=O)OC)c1cccc(O)c1. The Bertz CT molecular complexity index is 411. The summed E-state index contributed by atoms with van der Waals surface area (Å²) in [7, 11) is 3.27. The summed E-state index contributed by atoms with van der Waals surface area (Å²) in [6.07, 6.45) is 0. The Kier molecular flexibility index (Phi) is 6.73. The summed E-state index contributed by atoms with van der Waals surface area (Å²) in [4.78, 5) is 13.9. The van der Waals surface area contributed by atoms with E-state index in [1.165, 1.54) is 7.11 Å². The van der Waals surface area contributed by atoms with Gasteiger partial charge in [0.1, 0.15) is 11.8 Å². The van der Waals surface area contributed by atoms with Gasteiger partial charge in [0.2, 0.25) is 0 Å². The fourth-order valence-electron chi connectivity index (χ4n) is 1.86. The number of nitrogens with zero attached hydrogens (tertiary/aromatic N) is 1. The molecule has 1 aromatic rings. The zero-order valence-electron chi connectivity index (χ0n) is 11.6. The Morgan fingerprint density at radius 1 is 1.53 bits per heavy atom. The Morgan fingerprint density at radius 2 is 2.26 bits per heavy atom. The lowest BCUT2D eigenvalue weighted by Crippen LogP contribution is -2.33. The predicted octanol–water partition coefficient (Wildman–Crippen LogP) is 2.29. The molecular weight excluding hydrogens is 262 g/mol. The first kappa shape index (κ1) is 15.9. The van der Waals surface area contributed by atoms with Gasteiger partial charge in [0.25, 0.3) is 0 Å². The molecule has 1 atom stereocenters. The molecule has 0 spiro atoms. The highest BCUT2D eigenvalue weighted by molar-refractivity contribution is 7.99. The molecule has 0 saturated carbocycles. The molecule has 1 aromatic carbocycles. The molecule has 1 unspecified atom stereocenters. The fourth-order valence-corrected chi connectivity index (χ4v) is 2.56. The molecule has 0 fully saturated rings. The van der Waals surface area contributed by atoms with Crippen molar-refractivity contribution < 1.29 is 14.6 Å². The van der Waals surface area contributed by atoms with Crippen molar-refractivity contribution in [2.24, 2.45) is 0 Å². The van der Waals surface area contributed by atoms with Gasteiger partial charge in [-0.2, -0.15) is 11.8 Å². The molecule has 106 valence electrons. The number of esters is 1. The van der Waals surface area contributed by atoms with Crippen molar-refractivity contribution in [3.8, 4) is 5.75 Å². The highest BCUT2D eigenvalue weighted by atomic mass is 32.2. The lowest BCUT2D eigenvalue weighted by atomic mass is 10.1. The average molecular weight is 283 g/mol. The quantitative estimate of drug-likeness (QED) is 0.614. The average Bonchev–Trinajstić information content (AvgIpc) is 2.39. The number of hydrogen-bond donors (Lipinski definition) is 1. The molecule has 1 rings (SSSR count). The van der Waals surface area contributed by atoms with E-state index in [1.54, 1.807) is 18.2 Å². The number of methoxy groups -OCH3 is 1. The Labute approximate surface area is 118 Å². The van der Waals surface area contributed by atoms with Gasteiger partial charge in [-0.05, 0) is 30.5 Å². The van der Waals surface area contributed by atoms with Gasteiger partial charge >= 0.3 is 5.97 Å². The van der Waals surface area contributed by atoms with Gasteiger partial charge in [-0.3, -0.25) is 4.90 Å². The van der Waals surface area contributed by atoms with Crippen molar-refractivity contribution in [1.29, 1.82) is 0 Å². The van der Waals surface area contributed by atoms with E-state index >= 15 is 0 Å². The lowest BCUT2D eigenvalue weighted by molar-refractivity contribution is -0.146. The van der Waals surface area contributed by atoms with E-state index in [0.29, 0.717) is 0 Å². The standard InChI is InChI=1S/C14H21NO3S/c1-4-19-9-8-15(2)13(14(17)18-3)11-6-5-7-12(16)10-11/h5-7,10,13,16H,4,8-9H2,1-3H3. The number of aromatic hydroxyl groups is 1.